The van der Waals surface area contributed by atoms with Crippen LogP contribution in [-0.4, -0.2) is 9.97 Å². The third-order valence-corrected chi connectivity index (χ3v) is 4.26. The third-order valence-electron chi connectivity index (χ3n) is 2.87. The summed E-state index contributed by atoms with van der Waals surface area (Å²) in [4.78, 5) is 9.01. The molecule has 2 aromatic rings. The van der Waals surface area contributed by atoms with Crippen LogP contribution in [0.3, 0.4) is 0 Å². The number of rotatable bonds is 4. The van der Waals surface area contributed by atoms with Gasteiger partial charge in [-0.15, -0.1) is 0 Å². The molecule has 5 heteroatoms. The van der Waals surface area contributed by atoms with Crippen molar-refractivity contribution < 1.29 is 0 Å². The predicted octanol–water partition coefficient (Wildman–Crippen LogP) is 4.37. The van der Waals surface area contributed by atoms with Gasteiger partial charge in [0.1, 0.15) is 11.6 Å². The van der Waals surface area contributed by atoms with Gasteiger partial charge in [-0.3, -0.25) is 0 Å². The van der Waals surface area contributed by atoms with Crippen LogP contribution in [0.2, 0.25) is 0 Å². The maximum Gasteiger partial charge on any atom is 0.141 e. The van der Waals surface area contributed by atoms with Gasteiger partial charge >= 0.3 is 0 Å². The third kappa shape index (κ3) is 4.03. The lowest BCUT2D eigenvalue weighted by atomic mass is 10.1. The van der Waals surface area contributed by atoms with Crippen molar-refractivity contribution in [2.75, 3.05) is 5.73 Å². The van der Waals surface area contributed by atoms with E-state index in [1.807, 2.05) is 12.1 Å². The molecule has 2 rings (SSSR count). The number of nitrogens with zero attached hydrogens (tertiary/aromatic N) is 2. The molecule has 0 fully saturated rings. The second-order valence-corrected chi connectivity index (χ2v) is 6.90. The van der Waals surface area contributed by atoms with Crippen molar-refractivity contribution in [1.82, 2.24) is 9.97 Å². The second kappa shape index (κ2) is 6.68. The summed E-state index contributed by atoms with van der Waals surface area (Å²) in [6, 6.07) is 8.17. The molecule has 20 heavy (non-hydrogen) atoms. The molecular weight excluding hydrogens is 382 g/mol. The van der Waals surface area contributed by atoms with Gasteiger partial charge in [0.25, 0.3) is 0 Å². The lowest BCUT2D eigenvalue weighted by molar-refractivity contribution is 0.629. The van der Waals surface area contributed by atoms with Crippen LogP contribution in [0.4, 0.5) is 5.82 Å². The number of nitrogen functional groups attached to an aromatic ring is 1. The van der Waals surface area contributed by atoms with Crippen molar-refractivity contribution in [2.24, 2.45) is 5.92 Å². The Bertz CT molecular complexity index is 595. The fraction of sp³-hybridized carbons (Fsp3) is 0.333. The summed E-state index contributed by atoms with van der Waals surface area (Å²) >= 11 is 6.91. The number of hydrogen-bond donors (Lipinski definition) is 1. The van der Waals surface area contributed by atoms with Gasteiger partial charge < -0.3 is 5.73 Å². The highest BCUT2D eigenvalue weighted by molar-refractivity contribution is 9.10. The van der Waals surface area contributed by atoms with Gasteiger partial charge in [0.2, 0.25) is 0 Å². The average Bonchev–Trinajstić information content (AvgIpc) is 2.37. The fourth-order valence-electron chi connectivity index (χ4n) is 1.95. The molecule has 1 heterocycles. The van der Waals surface area contributed by atoms with E-state index in [1.165, 1.54) is 5.56 Å². The second-order valence-electron chi connectivity index (χ2n) is 5.19. The highest BCUT2D eigenvalue weighted by Crippen LogP contribution is 2.24. The molecule has 106 valence electrons. The molecule has 0 spiro atoms. The highest BCUT2D eigenvalue weighted by atomic mass is 79.9. The van der Waals surface area contributed by atoms with E-state index in [2.05, 4.69) is 67.8 Å². The molecule has 1 aromatic carbocycles. The number of anilines is 1. The van der Waals surface area contributed by atoms with Crippen LogP contribution in [-0.2, 0) is 12.8 Å². The number of nitrogens with two attached hydrogens (primary N) is 1. The lowest BCUT2D eigenvalue weighted by Gasteiger charge is -2.11. The number of benzene rings is 1. The van der Waals surface area contributed by atoms with Crippen molar-refractivity contribution in [3.8, 4) is 0 Å². The van der Waals surface area contributed by atoms with E-state index in [0.29, 0.717) is 18.2 Å². The van der Waals surface area contributed by atoms with Gasteiger partial charge in [0.05, 0.1) is 10.2 Å². The van der Waals surface area contributed by atoms with Crippen molar-refractivity contribution in [1.29, 1.82) is 0 Å². The first-order valence-electron chi connectivity index (χ1n) is 6.51. The van der Waals surface area contributed by atoms with Crippen LogP contribution >= 0.6 is 31.9 Å². The summed E-state index contributed by atoms with van der Waals surface area (Å²) in [5.41, 5.74) is 8.13. The SMILES string of the molecule is CC(C)Cc1nc(Cc2ccc(Br)cc2)nc(N)c1Br. The summed E-state index contributed by atoms with van der Waals surface area (Å²) in [5.74, 6) is 1.81. The number of halogens is 2. The Kier molecular flexibility index (Phi) is 5.16. The number of aromatic nitrogens is 2. The van der Waals surface area contributed by atoms with E-state index in [9.17, 15) is 0 Å². The Morgan fingerprint density at radius 1 is 1.10 bits per heavy atom. The average molecular weight is 399 g/mol. The van der Waals surface area contributed by atoms with Gasteiger partial charge in [-0.2, -0.15) is 0 Å². The molecule has 0 saturated carbocycles. The molecular formula is C15H17Br2N3. The first-order chi connectivity index (χ1) is 9.45. The smallest absolute Gasteiger partial charge is 0.141 e. The van der Waals surface area contributed by atoms with Crippen LogP contribution in [0, 0.1) is 5.92 Å². The zero-order valence-corrected chi connectivity index (χ0v) is 14.7. The van der Waals surface area contributed by atoms with Crippen molar-refractivity contribution >= 4 is 37.7 Å². The van der Waals surface area contributed by atoms with Crippen LogP contribution in [0.1, 0.15) is 30.9 Å². The van der Waals surface area contributed by atoms with E-state index < -0.39 is 0 Å². The fourth-order valence-corrected chi connectivity index (χ4v) is 2.56. The molecule has 0 aliphatic heterocycles. The Balaban J connectivity index is 2.27. The van der Waals surface area contributed by atoms with E-state index >= 15 is 0 Å². The normalized spacial score (nSPS) is 11.1. The molecule has 3 nitrogen and oxygen atoms in total. The minimum Gasteiger partial charge on any atom is -0.383 e. The Hall–Kier alpha value is -0.940. The minimum atomic E-state index is 0.516. The Morgan fingerprint density at radius 2 is 1.75 bits per heavy atom. The van der Waals surface area contributed by atoms with E-state index in [1.54, 1.807) is 0 Å². The maximum absolute atomic E-state index is 5.97. The molecule has 0 atom stereocenters. The zero-order valence-electron chi connectivity index (χ0n) is 11.5. The van der Waals surface area contributed by atoms with Gasteiger partial charge in [-0.1, -0.05) is 41.9 Å². The van der Waals surface area contributed by atoms with Crippen LogP contribution < -0.4 is 5.73 Å². The molecule has 0 unspecified atom stereocenters. The van der Waals surface area contributed by atoms with E-state index in [-0.39, 0.29) is 0 Å². The highest BCUT2D eigenvalue weighted by Gasteiger charge is 2.12. The molecule has 0 amide bonds. The molecule has 0 aliphatic rings. The topological polar surface area (TPSA) is 51.8 Å². The molecule has 1 aromatic heterocycles. The van der Waals surface area contributed by atoms with Gasteiger partial charge in [0.15, 0.2) is 0 Å². The summed E-state index contributed by atoms with van der Waals surface area (Å²) < 4.78 is 1.89. The van der Waals surface area contributed by atoms with Crippen molar-refractivity contribution in [2.45, 2.75) is 26.7 Å². The van der Waals surface area contributed by atoms with Crippen LogP contribution in [0.5, 0.6) is 0 Å². The van der Waals surface area contributed by atoms with Crippen molar-refractivity contribution in [3.63, 3.8) is 0 Å². The van der Waals surface area contributed by atoms with Crippen LogP contribution in [0.15, 0.2) is 33.2 Å². The minimum absolute atomic E-state index is 0.516. The first-order valence-corrected chi connectivity index (χ1v) is 8.09. The first kappa shape index (κ1) is 15.4. The van der Waals surface area contributed by atoms with E-state index in [0.717, 1.165) is 26.9 Å². The van der Waals surface area contributed by atoms with E-state index in [4.69, 9.17) is 5.73 Å². The van der Waals surface area contributed by atoms with Gasteiger partial charge in [0, 0.05) is 10.9 Å². The molecule has 0 aliphatic carbocycles. The predicted molar refractivity (Wildman–Crippen MR) is 89.6 cm³/mol. The summed E-state index contributed by atoms with van der Waals surface area (Å²) in [6.45, 7) is 4.33. The largest absolute Gasteiger partial charge is 0.383 e. The van der Waals surface area contributed by atoms with Crippen LogP contribution in [0.25, 0.3) is 0 Å². The summed E-state index contributed by atoms with van der Waals surface area (Å²) in [7, 11) is 0. The molecule has 2 N–H and O–H groups in total. The molecule has 0 saturated heterocycles. The monoisotopic (exact) mass is 397 g/mol. The lowest BCUT2D eigenvalue weighted by Crippen LogP contribution is -2.08. The Labute approximate surface area is 136 Å². The molecule has 0 bridgehead atoms. The maximum atomic E-state index is 5.97. The standard InChI is InChI=1S/C15H17Br2N3/c1-9(2)7-12-14(17)15(18)20-13(19-12)8-10-3-5-11(16)6-4-10/h3-6,9H,7-8H2,1-2H3,(H2,18,19,20). The summed E-state index contributed by atoms with van der Waals surface area (Å²) in [6.07, 6.45) is 1.58. The number of hydrogen-bond acceptors (Lipinski definition) is 3. The Morgan fingerprint density at radius 3 is 2.35 bits per heavy atom. The zero-order chi connectivity index (χ0) is 14.7. The molecule has 0 radical (unpaired) electrons. The quantitative estimate of drug-likeness (QED) is 0.831. The van der Waals surface area contributed by atoms with Gasteiger partial charge in [-0.25, -0.2) is 9.97 Å². The summed E-state index contributed by atoms with van der Waals surface area (Å²) in [5, 5.41) is 0. The van der Waals surface area contributed by atoms with Crippen molar-refractivity contribution in [3.05, 3.63) is 50.3 Å². The van der Waals surface area contributed by atoms with Gasteiger partial charge in [-0.05, 0) is 46.0 Å².